The molecule has 31 heavy (non-hydrogen) atoms. The summed E-state index contributed by atoms with van der Waals surface area (Å²) in [5.74, 6) is -0.489. The van der Waals surface area contributed by atoms with Crippen molar-refractivity contribution in [3.05, 3.63) is 47.8 Å². The molecule has 2 aliphatic rings. The van der Waals surface area contributed by atoms with E-state index in [1.165, 1.54) is 10.5 Å². The Balaban J connectivity index is 1.66. The fourth-order valence-corrected chi connectivity index (χ4v) is 4.71. The monoisotopic (exact) mass is 425 g/mol. The molecule has 0 unspecified atom stereocenters. The zero-order valence-corrected chi connectivity index (χ0v) is 18.6. The van der Waals surface area contributed by atoms with Gasteiger partial charge in [-0.05, 0) is 23.8 Å². The molecule has 2 aromatic rings. The minimum atomic E-state index is -0.717. The fraction of sp³-hybridized carbons (Fsp3) is 0.565. The van der Waals surface area contributed by atoms with Crippen molar-refractivity contribution in [1.82, 2.24) is 25.2 Å². The van der Waals surface area contributed by atoms with E-state index in [0.29, 0.717) is 0 Å². The van der Waals surface area contributed by atoms with Crippen molar-refractivity contribution in [3.8, 4) is 0 Å². The Morgan fingerprint density at radius 2 is 1.90 bits per heavy atom. The molecule has 8 nitrogen and oxygen atoms in total. The van der Waals surface area contributed by atoms with Crippen molar-refractivity contribution in [2.24, 2.45) is 5.41 Å². The standard InChI is InChI=1S/C23H31N5O3/c1-22(2,3)19(21(31)27-13-16(29)12-17(27)20(30)24-4)28-14-18(25-26-28)23(10-11-23)15-8-6-5-7-9-15/h5-9,14,16-17,19,29H,10-13H2,1-4H3,(H,24,30)/t16-,17+,19-/m1/s1. The predicted molar refractivity (Wildman–Crippen MR) is 115 cm³/mol. The first kappa shape index (κ1) is 21.5. The summed E-state index contributed by atoms with van der Waals surface area (Å²) < 4.78 is 1.65. The first-order valence-electron chi connectivity index (χ1n) is 10.9. The maximum Gasteiger partial charge on any atom is 0.248 e. The number of aliphatic hydroxyl groups excluding tert-OH is 1. The number of carbonyl (C=O) groups excluding carboxylic acids is 2. The molecule has 4 rings (SSSR count). The van der Waals surface area contributed by atoms with Gasteiger partial charge in [0.15, 0.2) is 0 Å². The smallest absolute Gasteiger partial charge is 0.248 e. The minimum Gasteiger partial charge on any atom is -0.391 e. The van der Waals surface area contributed by atoms with Gasteiger partial charge in [0.25, 0.3) is 0 Å². The summed E-state index contributed by atoms with van der Waals surface area (Å²) in [4.78, 5) is 27.5. The van der Waals surface area contributed by atoms with E-state index in [2.05, 4.69) is 27.8 Å². The van der Waals surface area contributed by atoms with Gasteiger partial charge in [-0.2, -0.15) is 0 Å². The number of β-amino-alcohol motifs (C(OH)–C–C–N with tert-alkyl or cyclic N) is 1. The molecule has 1 aliphatic heterocycles. The Labute approximate surface area is 182 Å². The molecular formula is C23H31N5O3. The molecule has 2 amide bonds. The van der Waals surface area contributed by atoms with E-state index >= 15 is 0 Å². The highest BCUT2D eigenvalue weighted by Crippen LogP contribution is 2.52. The highest BCUT2D eigenvalue weighted by Gasteiger charge is 2.50. The van der Waals surface area contributed by atoms with E-state index in [1.54, 1.807) is 11.7 Å². The van der Waals surface area contributed by atoms with Crippen LogP contribution in [0.4, 0.5) is 0 Å². The Morgan fingerprint density at radius 3 is 2.48 bits per heavy atom. The second kappa shape index (κ2) is 7.75. The van der Waals surface area contributed by atoms with Crippen LogP contribution in [0.2, 0.25) is 0 Å². The number of aromatic nitrogens is 3. The van der Waals surface area contributed by atoms with Crippen LogP contribution in [0.15, 0.2) is 36.5 Å². The Bertz CT molecular complexity index is 961. The van der Waals surface area contributed by atoms with E-state index in [1.807, 2.05) is 45.2 Å². The van der Waals surface area contributed by atoms with Crippen LogP contribution in [-0.2, 0) is 15.0 Å². The maximum atomic E-state index is 13.7. The van der Waals surface area contributed by atoms with E-state index in [0.717, 1.165) is 18.5 Å². The summed E-state index contributed by atoms with van der Waals surface area (Å²) in [6.07, 6.45) is 3.41. The topological polar surface area (TPSA) is 100 Å². The number of likely N-dealkylation sites (N-methyl/N-ethyl adjacent to an activating group) is 1. The molecule has 1 aliphatic carbocycles. The number of aliphatic hydroxyl groups is 1. The lowest BCUT2D eigenvalue weighted by atomic mass is 9.85. The van der Waals surface area contributed by atoms with Crippen LogP contribution in [0, 0.1) is 5.41 Å². The zero-order valence-electron chi connectivity index (χ0n) is 18.6. The number of hydrogen-bond donors (Lipinski definition) is 2. The molecule has 3 atom stereocenters. The summed E-state index contributed by atoms with van der Waals surface area (Å²) in [6.45, 7) is 6.06. The molecule has 8 heteroatoms. The average Bonchev–Trinajstić information content (AvgIpc) is 3.24. The second-order valence-corrected chi connectivity index (χ2v) is 9.81. The second-order valence-electron chi connectivity index (χ2n) is 9.81. The molecule has 1 saturated carbocycles. The van der Waals surface area contributed by atoms with E-state index in [9.17, 15) is 14.7 Å². The number of hydrogen-bond acceptors (Lipinski definition) is 5. The van der Waals surface area contributed by atoms with Crippen molar-refractivity contribution in [2.75, 3.05) is 13.6 Å². The number of carbonyl (C=O) groups is 2. The minimum absolute atomic E-state index is 0.138. The van der Waals surface area contributed by atoms with Gasteiger partial charge in [0.2, 0.25) is 11.8 Å². The zero-order chi connectivity index (χ0) is 22.4. The molecule has 0 radical (unpaired) electrons. The quantitative estimate of drug-likeness (QED) is 0.759. The summed E-state index contributed by atoms with van der Waals surface area (Å²) in [7, 11) is 1.54. The molecule has 2 fully saturated rings. The van der Waals surface area contributed by atoms with E-state index in [-0.39, 0.29) is 30.2 Å². The van der Waals surface area contributed by atoms with Gasteiger partial charge in [-0.3, -0.25) is 9.59 Å². The van der Waals surface area contributed by atoms with E-state index in [4.69, 9.17) is 0 Å². The molecule has 2 N–H and O–H groups in total. The lowest BCUT2D eigenvalue weighted by Crippen LogP contribution is -2.49. The molecule has 166 valence electrons. The summed E-state index contributed by atoms with van der Waals surface area (Å²) >= 11 is 0. The first-order valence-corrected chi connectivity index (χ1v) is 10.9. The molecule has 2 heterocycles. The summed E-state index contributed by atoms with van der Waals surface area (Å²) in [5.41, 5.74) is 1.47. The van der Waals surface area contributed by atoms with Gasteiger partial charge in [-0.1, -0.05) is 56.3 Å². The van der Waals surface area contributed by atoms with Crippen molar-refractivity contribution in [1.29, 1.82) is 0 Å². The van der Waals surface area contributed by atoms with Gasteiger partial charge < -0.3 is 15.3 Å². The number of likely N-dealkylation sites (tertiary alicyclic amines) is 1. The van der Waals surface area contributed by atoms with Crippen molar-refractivity contribution < 1.29 is 14.7 Å². The van der Waals surface area contributed by atoms with Crippen LogP contribution in [0.1, 0.15) is 57.3 Å². The van der Waals surface area contributed by atoms with Gasteiger partial charge in [0, 0.05) is 25.4 Å². The third kappa shape index (κ3) is 3.84. The van der Waals surface area contributed by atoms with Crippen molar-refractivity contribution in [2.45, 2.75) is 63.6 Å². The normalized spacial score (nSPS) is 23.5. The van der Waals surface area contributed by atoms with Crippen LogP contribution < -0.4 is 5.32 Å². The third-order valence-corrected chi connectivity index (χ3v) is 6.51. The van der Waals surface area contributed by atoms with E-state index < -0.39 is 23.6 Å². The van der Waals surface area contributed by atoms with Gasteiger partial charge in [0.05, 0.1) is 18.0 Å². The van der Waals surface area contributed by atoms with Gasteiger partial charge in [-0.25, -0.2) is 4.68 Å². The Morgan fingerprint density at radius 1 is 1.23 bits per heavy atom. The first-order chi connectivity index (χ1) is 14.7. The van der Waals surface area contributed by atoms with Crippen LogP contribution in [0.5, 0.6) is 0 Å². The summed E-state index contributed by atoms with van der Waals surface area (Å²) in [6, 6.07) is 8.95. The number of benzene rings is 1. The third-order valence-electron chi connectivity index (χ3n) is 6.51. The molecule has 0 spiro atoms. The molecule has 1 aromatic carbocycles. The number of nitrogens with zero attached hydrogens (tertiary/aromatic N) is 4. The van der Waals surface area contributed by atoms with Crippen molar-refractivity contribution >= 4 is 11.8 Å². The highest BCUT2D eigenvalue weighted by molar-refractivity contribution is 5.90. The largest absolute Gasteiger partial charge is 0.391 e. The van der Waals surface area contributed by atoms with Crippen LogP contribution >= 0.6 is 0 Å². The fourth-order valence-electron chi connectivity index (χ4n) is 4.71. The highest BCUT2D eigenvalue weighted by atomic mass is 16.3. The Kier molecular flexibility index (Phi) is 5.37. The van der Waals surface area contributed by atoms with Crippen LogP contribution in [-0.4, -0.2) is 62.6 Å². The van der Waals surface area contributed by atoms with Gasteiger partial charge >= 0.3 is 0 Å². The van der Waals surface area contributed by atoms with Gasteiger partial charge in [0.1, 0.15) is 12.1 Å². The van der Waals surface area contributed by atoms with Crippen LogP contribution in [0.3, 0.4) is 0 Å². The SMILES string of the molecule is CNC(=O)[C@@H]1C[C@@H](O)CN1C(=O)[C@@H](n1cc(C2(c3ccccc3)CC2)nn1)C(C)(C)C. The van der Waals surface area contributed by atoms with Crippen molar-refractivity contribution in [3.63, 3.8) is 0 Å². The van der Waals surface area contributed by atoms with Gasteiger partial charge in [-0.15, -0.1) is 5.10 Å². The van der Waals surface area contributed by atoms with Crippen LogP contribution in [0.25, 0.3) is 0 Å². The molecule has 1 aromatic heterocycles. The molecule has 0 bridgehead atoms. The molecular weight excluding hydrogens is 394 g/mol. The Hall–Kier alpha value is -2.74. The maximum absolute atomic E-state index is 13.7. The number of nitrogens with one attached hydrogen (secondary N) is 1. The predicted octanol–water partition coefficient (Wildman–Crippen LogP) is 1.65. The number of rotatable bonds is 5. The number of amides is 2. The molecule has 1 saturated heterocycles. The lowest BCUT2D eigenvalue weighted by Gasteiger charge is -2.34. The average molecular weight is 426 g/mol. The summed E-state index contributed by atoms with van der Waals surface area (Å²) in [5, 5.41) is 21.6. The lowest BCUT2D eigenvalue weighted by molar-refractivity contribution is -0.144.